The number of carbonyl (C=O) groups excluding carboxylic acids is 1. The van der Waals surface area contributed by atoms with Crippen LogP contribution in [0.1, 0.15) is 6.92 Å². The fourth-order valence-electron chi connectivity index (χ4n) is 0.555. The van der Waals surface area contributed by atoms with E-state index >= 15 is 0 Å². The summed E-state index contributed by atoms with van der Waals surface area (Å²) in [6, 6.07) is 0. The molecular formula is C7H15NO3. The number of methoxy groups -OCH3 is 1. The molecule has 0 aliphatic carbocycles. The number of hydrogen-bond acceptors (Lipinski definition) is 3. The number of likely N-dealkylation sites (N-methyl/N-ethyl adjacent to an activating group) is 1. The summed E-state index contributed by atoms with van der Waals surface area (Å²) in [5.41, 5.74) is 0. The summed E-state index contributed by atoms with van der Waals surface area (Å²) < 4.78 is 9.68. The first-order valence-electron chi connectivity index (χ1n) is 3.64. The van der Waals surface area contributed by atoms with E-state index in [9.17, 15) is 4.79 Å². The van der Waals surface area contributed by atoms with Gasteiger partial charge in [-0.05, 0) is 6.92 Å². The zero-order chi connectivity index (χ0) is 8.53. The van der Waals surface area contributed by atoms with E-state index in [1.807, 2.05) is 6.92 Å². The number of carbonyl (C=O) groups is 1. The van der Waals surface area contributed by atoms with Crippen molar-refractivity contribution in [3.8, 4) is 0 Å². The first-order chi connectivity index (χ1) is 5.31. The number of amides is 1. The molecule has 4 heteroatoms. The number of rotatable bonds is 6. The van der Waals surface area contributed by atoms with Crippen molar-refractivity contribution in [2.45, 2.75) is 6.92 Å². The second kappa shape index (κ2) is 7.50. The van der Waals surface area contributed by atoms with E-state index in [1.54, 1.807) is 7.11 Å². The maximum absolute atomic E-state index is 10.7. The van der Waals surface area contributed by atoms with Crippen LogP contribution in [0.4, 0.5) is 0 Å². The lowest BCUT2D eigenvalue weighted by Crippen LogP contribution is -2.27. The summed E-state index contributed by atoms with van der Waals surface area (Å²) in [4.78, 5) is 10.7. The molecule has 0 aliphatic heterocycles. The second-order valence-electron chi connectivity index (χ2n) is 2.00. The van der Waals surface area contributed by atoms with Crippen LogP contribution in [0.3, 0.4) is 0 Å². The summed E-state index contributed by atoms with van der Waals surface area (Å²) in [5.74, 6) is -0.0800. The smallest absolute Gasteiger partial charge is 0.245 e. The largest absolute Gasteiger partial charge is 0.382 e. The molecule has 0 aromatic carbocycles. The molecule has 0 unspecified atom stereocenters. The van der Waals surface area contributed by atoms with Crippen LogP contribution in [-0.2, 0) is 14.3 Å². The maximum Gasteiger partial charge on any atom is 0.245 e. The lowest BCUT2D eigenvalue weighted by molar-refractivity contribution is -0.126. The minimum absolute atomic E-state index is 0.0800. The van der Waals surface area contributed by atoms with Crippen molar-refractivity contribution in [2.75, 3.05) is 33.5 Å². The van der Waals surface area contributed by atoms with Crippen molar-refractivity contribution in [1.29, 1.82) is 0 Å². The van der Waals surface area contributed by atoms with Crippen molar-refractivity contribution < 1.29 is 14.3 Å². The van der Waals surface area contributed by atoms with Crippen LogP contribution in [0.5, 0.6) is 0 Å². The van der Waals surface area contributed by atoms with Gasteiger partial charge in [0.2, 0.25) is 5.91 Å². The Hall–Kier alpha value is -0.610. The predicted molar refractivity (Wildman–Crippen MR) is 41.4 cm³/mol. The van der Waals surface area contributed by atoms with E-state index in [0.717, 1.165) is 0 Å². The van der Waals surface area contributed by atoms with Crippen LogP contribution in [-0.4, -0.2) is 39.4 Å². The Morgan fingerprint density at radius 3 is 2.73 bits per heavy atom. The molecule has 1 amide bonds. The van der Waals surface area contributed by atoms with E-state index in [-0.39, 0.29) is 12.5 Å². The topological polar surface area (TPSA) is 47.6 Å². The van der Waals surface area contributed by atoms with Crippen LogP contribution in [0.25, 0.3) is 0 Å². The third kappa shape index (κ3) is 7.29. The molecule has 0 atom stereocenters. The molecule has 0 saturated heterocycles. The average molecular weight is 161 g/mol. The molecule has 11 heavy (non-hydrogen) atoms. The SMILES string of the molecule is CCNC(=O)COCCOC. The fourth-order valence-corrected chi connectivity index (χ4v) is 0.555. The van der Waals surface area contributed by atoms with Crippen molar-refractivity contribution in [3.63, 3.8) is 0 Å². The Kier molecular flexibility index (Phi) is 7.08. The quantitative estimate of drug-likeness (QED) is 0.548. The fraction of sp³-hybridized carbons (Fsp3) is 0.857. The van der Waals surface area contributed by atoms with Gasteiger partial charge in [-0.3, -0.25) is 4.79 Å². The summed E-state index contributed by atoms with van der Waals surface area (Å²) in [5, 5.41) is 2.62. The number of ether oxygens (including phenoxy) is 2. The summed E-state index contributed by atoms with van der Waals surface area (Å²) in [6.07, 6.45) is 0. The maximum atomic E-state index is 10.7. The Labute approximate surface area is 66.9 Å². The van der Waals surface area contributed by atoms with Gasteiger partial charge in [0.25, 0.3) is 0 Å². The van der Waals surface area contributed by atoms with E-state index in [1.165, 1.54) is 0 Å². The molecule has 4 nitrogen and oxygen atoms in total. The van der Waals surface area contributed by atoms with Gasteiger partial charge in [-0.25, -0.2) is 0 Å². The predicted octanol–water partition coefficient (Wildman–Crippen LogP) is -0.215. The molecule has 0 spiro atoms. The lowest BCUT2D eigenvalue weighted by Gasteiger charge is -2.02. The van der Waals surface area contributed by atoms with E-state index in [2.05, 4.69) is 5.32 Å². The van der Waals surface area contributed by atoms with Gasteiger partial charge in [-0.15, -0.1) is 0 Å². The molecule has 66 valence electrons. The third-order valence-electron chi connectivity index (χ3n) is 1.04. The van der Waals surface area contributed by atoms with Crippen LogP contribution in [0.15, 0.2) is 0 Å². The Morgan fingerprint density at radius 2 is 2.18 bits per heavy atom. The zero-order valence-electron chi connectivity index (χ0n) is 7.05. The zero-order valence-corrected chi connectivity index (χ0v) is 7.05. The molecule has 0 heterocycles. The minimum Gasteiger partial charge on any atom is -0.382 e. The van der Waals surface area contributed by atoms with Crippen LogP contribution >= 0.6 is 0 Å². The Morgan fingerprint density at radius 1 is 1.45 bits per heavy atom. The molecule has 0 aromatic heterocycles. The number of nitrogens with one attached hydrogen (secondary N) is 1. The monoisotopic (exact) mass is 161 g/mol. The number of hydrogen-bond donors (Lipinski definition) is 1. The highest BCUT2D eigenvalue weighted by Gasteiger charge is 1.96. The van der Waals surface area contributed by atoms with Gasteiger partial charge in [0.05, 0.1) is 13.2 Å². The molecular weight excluding hydrogens is 146 g/mol. The lowest BCUT2D eigenvalue weighted by atomic mass is 10.6. The average Bonchev–Trinajstić information content (AvgIpc) is 1.99. The highest BCUT2D eigenvalue weighted by molar-refractivity contribution is 5.77. The highest BCUT2D eigenvalue weighted by Crippen LogP contribution is 1.75. The first kappa shape index (κ1) is 10.4. The minimum atomic E-state index is -0.0800. The van der Waals surface area contributed by atoms with Gasteiger partial charge >= 0.3 is 0 Å². The molecule has 0 saturated carbocycles. The van der Waals surface area contributed by atoms with Crippen molar-refractivity contribution >= 4 is 5.91 Å². The van der Waals surface area contributed by atoms with Gasteiger partial charge in [0, 0.05) is 13.7 Å². The van der Waals surface area contributed by atoms with Crippen molar-refractivity contribution in [3.05, 3.63) is 0 Å². The van der Waals surface area contributed by atoms with Crippen molar-refractivity contribution in [1.82, 2.24) is 5.32 Å². The molecule has 0 rings (SSSR count). The van der Waals surface area contributed by atoms with Crippen LogP contribution < -0.4 is 5.32 Å². The standard InChI is InChI=1S/C7H15NO3/c1-3-8-7(9)6-11-5-4-10-2/h3-6H2,1-2H3,(H,8,9). The normalized spacial score (nSPS) is 9.64. The molecule has 0 fully saturated rings. The Bertz CT molecular complexity index is 106. The van der Waals surface area contributed by atoms with E-state index in [4.69, 9.17) is 9.47 Å². The van der Waals surface area contributed by atoms with Gasteiger partial charge in [0.15, 0.2) is 0 Å². The molecule has 1 N–H and O–H groups in total. The molecule has 0 aliphatic rings. The summed E-state index contributed by atoms with van der Waals surface area (Å²) in [7, 11) is 1.59. The van der Waals surface area contributed by atoms with Gasteiger partial charge < -0.3 is 14.8 Å². The summed E-state index contributed by atoms with van der Waals surface area (Å²) in [6.45, 7) is 3.63. The van der Waals surface area contributed by atoms with Crippen LogP contribution in [0.2, 0.25) is 0 Å². The summed E-state index contributed by atoms with van der Waals surface area (Å²) >= 11 is 0. The van der Waals surface area contributed by atoms with Gasteiger partial charge in [0.1, 0.15) is 6.61 Å². The van der Waals surface area contributed by atoms with E-state index < -0.39 is 0 Å². The molecule has 0 bridgehead atoms. The van der Waals surface area contributed by atoms with Gasteiger partial charge in [-0.2, -0.15) is 0 Å². The second-order valence-corrected chi connectivity index (χ2v) is 2.00. The first-order valence-corrected chi connectivity index (χ1v) is 3.64. The van der Waals surface area contributed by atoms with Crippen molar-refractivity contribution in [2.24, 2.45) is 0 Å². The highest BCUT2D eigenvalue weighted by atomic mass is 16.5. The van der Waals surface area contributed by atoms with Crippen LogP contribution in [0, 0.1) is 0 Å². The third-order valence-corrected chi connectivity index (χ3v) is 1.04. The Balaban J connectivity index is 3.04. The molecule has 0 aromatic rings. The van der Waals surface area contributed by atoms with Gasteiger partial charge in [-0.1, -0.05) is 0 Å². The molecule has 0 radical (unpaired) electrons. The van der Waals surface area contributed by atoms with E-state index in [0.29, 0.717) is 19.8 Å².